The molecule has 0 radical (unpaired) electrons. The Kier molecular flexibility index (Phi) is 3.25. The van der Waals surface area contributed by atoms with Gasteiger partial charge in [0.1, 0.15) is 0 Å². The van der Waals surface area contributed by atoms with Gasteiger partial charge in [-0.2, -0.15) is 0 Å². The van der Waals surface area contributed by atoms with Gasteiger partial charge in [0.25, 0.3) is 0 Å². The van der Waals surface area contributed by atoms with Crippen molar-refractivity contribution in [1.29, 1.82) is 0 Å². The van der Waals surface area contributed by atoms with Crippen molar-refractivity contribution in [2.24, 2.45) is 0 Å². The Balaban J connectivity index is 2.83. The number of aromatic nitrogens is 2. The summed E-state index contributed by atoms with van der Waals surface area (Å²) in [6.07, 6.45) is 3.34. The van der Waals surface area contributed by atoms with E-state index in [1.165, 1.54) is 17.0 Å². The first-order valence-corrected chi connectivity index (χ1v) is 3.94. The molecule has 1 aromatic heterocycles. The van der Waals surface area contributed by atoms with Crippen LogP contribution in [0.1, 0.15) is 6.42 Å². The number of nitrogens with zero attached hydrogens (tertiary/aromatic N) is 2. The molecule has 0 aromatic carbocycles. The van der Waals surface area contributed by atoms with Crippen molar-refractivity contribution >= 4 is 11.6 Å². The van der Waals surface area contributed by atoms with Gasteiger partial charge in [-0.15, -0.1) is 0 Å². The molecule has 0 aliphatic heterocycles. The SMILES string of the molecule is O=c1ncc(Cl)cn1CCCO. The zero-order chi connectivity index (χ0) is 8.97. The van der Waals surface area contributed by atoms with Crippen molar-refractivity contribution in [3.05, 3.63) is 27.9 Å². The molecule has 0 spiro atoms. The molecule has 0 aliphatic carbocycles. The van der Waals surface area contributed by atoms with Gasteiger partial charge in [0.15, 0.2) is 0 Å². The van der Waals surface area contributed by atoms with Gasteiger partial charge < -0.3 is 5.11 Å². The first-order chi connectivity index (χ1) is 5.74. The Bertz CT molecular complexity index is 311. The second kappa shape index (κ2) is 4.23. The van der Waals surface area contributed by atoms with Gasteiger partial charge in [-0.05, 0) is 6.42 Å². The number of aliphatic hydroxyl groups excluding tert-OH is 1. The second-order valence-corrected chi connectivity index (χ2v) is 2.76. The van der Waals surface area contributed by atoms with E-state index in [-0.39, 0.29) is 12.3 Å². The van der Waals surface area contributed by atoms with Gasteiger partial charge in [0, 0.05) is 19.3 Å². The van der Waals surface area contributed by atoms with E-state index in [0.29, 0.717) is 18.0 Å². The van der Waals surface area contributed by atoms with E-state index >= 15 is 0 Å². The number of aliphatic hydroxyl groups is 1. The van der Waals surface area contributed by atoms with Crippen LogP contribution in [0.15, 0.2) is 17.2 Å². The summed E-state index contributed by atoms with van der Waals surface area (Å²) in [6, 6.07) is 0. The molecule has 5 heteroatoms. The Morgan fingerprint density at radius 2 is 2.42 bits per heavy atom. The van der Waals surface area contributed by atoms with Gasteiger partial charge in [0.05, 0.1) is 11.2 Å². The molecular weight excluding hydrogens is 180 g/mol. The highest BCUT2D eigenvalue weighted by Crippen LogP contribution is 2.01. The van der Waals surface area contributed by atoms with Gasteiger partial charge in [-0.3, -0.25) is 4.57 Å². The van der Waals surface area contributed by atoms with Crippen molar-refractivity contribution < 1.29 is 5.11 Å². The third-order valence-electron chi connectivity index (χ3n) is 1.38. The predicted octanol–water partition coefficient (Wildman–Crippen LogP) is 0.279. The Hall–Kier alpha value is -0.870. The van der Waals surface area contributed by atoms with Gasteiger partial charge >= 0.3 is 5.69 Å². The molecule has 1 aromatic rings. The van der Waals surface area contributed by atoms with Gasteiger partial charge in [0.2, 0.25) is 0 Å². The van der Waals surface area contributed by atoms with E-state index in [4.69, 9.17) is 16.7 Å². The van der Waals surface area contributed by atoms with Crippen molar-refractivity contribution in [2.75, 3.05) is 6.61 Å². The number of hydrogen-bond donors (Lipinski definition) is 1. The maximum absolute atomic E-state index is 11.0. The maximum atomic E-state index is 11.0. The highest BCUT2D eigenvalue weighted by Gasteiger charge is 1.96. The van der Waals surface area contributed by atoms with Crippen LogP contribution in [0.25, 0.3) is 0 Å². The highest BCUT2D eigenvalue weighted by atomic mass is 35.5. The Morgan fingerprint density at radius 3 is 3.08 bits per heavy atom. The molecule has 0 unspecified atom stereocenters. The fourth-order valence-electron chi connectivity index (χ4n) is 0.830. The molecule has 12 heavy (non-hydrogen) atoms. The molecule has 0 saturated carbocycles. The monoisotopic (exact) mass is 188 g/mol. The molecule has 1 N–H and O–H groups in total. The normalized spacial score (nSPS) is 10.2. The molecule has 0 fully saturated rings. The lowest BCUT2D eigenvalue weighted by Crippen LogP contribution is -2.22. The van der Waals surface area contributed by atoms with Crippen LogP contribution in [0, 0.1) is 0 Å². The lowest BCUT2D eigenvalue weighted by Gasteiger charge is -2.01. The van der Waals surface area contributed by atoms with E-state index in [0.717, 1.165) is 0 Å². The Labute approximate surface area is 74.4 Å². The van der Waals surface area contributed by atoms with E-state index in [2.05, 4.69) is 4.98 Å². The quantitative estimate of drug-likeness (QED) is 0.742. The molecule has 4 nitrogen and oxygen atoms in total. The summed E-state index contributed by atoms with van der Waals surface area (Å²) in [5, 5.41) is 8.94. The largest absolute Gasteiger partial charge is 0.396 e. The minimum Gasteiger partial charge on any atom is -0.396 e. The molecule has 1 rings (SSSR count). The Morgan fingerprint density at radius 1 is 1.67 bits per heavy atom. The number of hydrogen-bond acceptors (Lipinski definition) is 3. The first-order valence-electron chi connectivity index (χ1n) is 3.57. The van der Waals surface area contributed by atoms with Crippen molar-refractivity contribution in [2.45, 2.75) is 13.0 Å². The molecule has 0 aliphatic rings. The third-order valence-corrected chi connectivity index (χ3v) is 1.58. The molecule has 1 heterocycles. The van der Waals surface area contributed by atoms with E-state index in [1.54, 1.807) is 0 Å². The van der Waals surface area contributed by atoms with Crippen LogP contribution in [0.3, 0.4) is 0 Å². The van der Waals surface area contributed by atoms with Crippen LogP contribution in [0.4, 0.5) is 0 Å². The van der Waals surface area contributed by atoms with Crippen molar-refractivity contribution in [3.8, 4) is 0 Å². The zero-order valence-electron chi connectivity index (χ0n) is 6.40. The second-order valence-electron chi connectivity index (χ2n) is 2.33. The van der Waals surface area contributed by atoms with Crippen LogP contribution in [-0.2, 0) is 6.54 Å². The summed E-state index contributed by atoms with van der Waals surface area (Å²) in [5.74, 6) is 0. The lowest BCUT2D eigenvalue weighted by molar-refractivity contribution is 0.278. The minimum absolute atomic E-state index is 0.0545. The van der Waals surface area contributed by atoms with Crippen LogP contribution in [0.5, 0.6) is 0 Å². The summed E-state index contributed by atoms with van der Waals surface area (Å²) in [7, 11) is 0. The molecule has 0 bridgehead atoms. The van der Waals surface area contributed by atoms with Gasteiger partial charge in [-0.1, -0.05) is 11.6 Å². The lowest BCUT2D eigenvalue weighted by atomic mass is 10.4. The van der Waals surface area contributed by atoms with E-state index < -0.39 is 0 Å². The fourth-order valence-corrected chi connectivity index (χ4v) is 0.996. The zero-order valence-corrected chi connectivity index (χ0v) is 7.16. The number of rotatable bonds is 3. The molecule has 0 atom stereocenters. The summed E-state index contributed by atoms with van der Waals surface area (Å²) < 4.78 is 1.37. The summed E-state index contributed by atoms with van der Waals surface area (Å²) in [6.45, 7) is 0.502. The van der Waals surface area contributed by atoms with Crippen LogP contribution >= 0.6 is 11.6 Å². The predicted molar refractivity (Wildman–Crippen MR) is 45.2 cm³/mol. The minimum atomic E-state index is -0.340. The van der Waals surface area contributed by atoms with E-state index in [9.17, 15) is 4.79 Å². The van der Waals surface area contributed by atoms with Crippen LogP contribution in [-0.4, -0.2) is 21.3 Å². The average molecular weight is 189 g/mol. The number of halogens is 1. The summed E-state index contributed by atoms with van der Waals surface area (Å²) >= 11 is 5.61. The van der Waals surface area contributed by atoms with Crippen molar-refractivity contribution in [1.82, 2.24) is 9.55 Å². The molecule has 0 amide bonds. The number of aryl methyl sites for hydroxylation is 1. The average Bonchev–Trinajstić information content (AvgIpc) is 2.07. The summed E-state index contributed by atoms with van der Waals surface area (Å²) in [4.78, 5) is 14.5. The van der Waals surface area contributed by atoms with Crippen LogP contribution < -0.4 is 5.69 Å². The topological polar surface area (TPSA) is 55.1 Å². The first kappa shape index (κ1) is 9.22. The maximum Gasteiger partial charge on any atom is 0.347 e. The molecule has 0 saturated heterocycles. The van der Waals surface area contributed by atoms with Gasteiger partial charge in [-0.25, -0.2) is 9.78 Å². The smallest absolute Gasteiger partial charge is 0.347 e. The standard InChI is InChI=1S/C7H9ClN2O2/c8-6-4-9-7(12)10(5-6)2-1-3-11/h4-5,11H,1-3H2. The highest BCUT2D eigenvalue weighted by molar-refractivity contribution is 6.30. The summed E-state index contributed by atoms with van der Waals surface area (Å²) in [5.41, 5.74) is -0.340. The van der Waals surface area contributed by atoms with Crippen LogP contribution in [0.2, 0.25) is 5.02 Å². The van der Waals surface area contributed by atoms with Crippen molar-refractivity contribution in [3.63, 3.8) is 0 Å². The molecule has 66 valence electrons. The third kappa shape index (κ3) is 2.32. The van der Waals surface area contributed by atoms with E-state index in [1.807, 2.05) is 0 Å². The fraction of sp³-hybridized carbons (Fsp3) is 0.429. The molecular formula is C7H9ClN2O2.